The standard InChI is InChI=1S/C13H14N4O4/c1-20-7-6-9-2-4-10(5-3-9)21-12-11(17(18)19)8-15-13(14)16-12/h2-5,8H,6-7H2,1H3,(H2,14,15,16). The largest absolute Gasteiger partial charge is 0.434 e. The van der Waals surface area contributed by atoms with E-state index in [4.69, 9.17) is 15.2 Å². The molecule has 8 nitrogen and oxygen atoms in total. The first-order chi connectivity index (χ1) is 10.1. The molecule has 0 aliphatic carbocycles. The van der Waals surface area contributed by atoms with Crippen molar-refractivity contribution in [1.29, 1.82) is 0 Å². The fourth-order valence-corrected chi connectivity index (χ4v) is 1.63. The molecule has 0 saturated heterocycles. The fourth-order valence-electron chi connectivity index (χ4n) is 1.63. The number of hydrogen-bond donors (Lipinski definition) is 1. The SMILES string of the molecule is COCCc1ccc(Oc2nc(N)ncc2[N+](=O)[O-])cc1. The quantitative estimate of drug-likeness (QED) is 0.638. The monoisotopic (exact) mass is 290 g/mol. The summed E-state index contributed by atoms with van der Waals surface area (Å²) in [4.78, 5) is 17.6. The lowest BCUT2D eigenvalue weighted by atomic mass is 10.1. The van der Waals surface area contributed by atoms with E-state index in [1.54, 1.807) is 19.2 Å². The number of anilines is 1. The van der Waals surface area contributed by atoms with E-state index < -0.39 is 4.92 Å². The van der Waals surface area contributed by atoms with Crippen molar-refractivity contribution in [3.63, 3.8) is 0 Å². The Morgan fingerprint density at radius 2 is 2.05 bits per heavy atom. The maximum Gasteiger partial charge on any atom is 0.349 e. The molecule has 0 unspecified atom stereocenters. The number of benzene rings is 1. The molecule has 0 spiro atoms. The van der Waals surface area contributed by atoms with Gasteiger partial charge in [-0.05, 0) is 24.1 Å². The topological polar surface area (TPSA) is 113 Å². The van der Waals surface area contributed by atoms with Gasteiger partial charge in [-0.25, -0.2) is 4.98 Å². The van der Waals surface area contributed by atoms with Gasteiger partial charge in [0, 0.05) is 7.11 Å². The lowest BCUT2D eigenvalue weighted by Crippen LogP contribution is -2.01. The molecule has 2 rings (SSSR count). The second-order valence-corrected chi connectivity index (χ2v) is 4.16. The van der Waals surface area contributed by atoms with E-state index in [0.717, 1.165) is 18.2 Å². The molecule has 1 heterocycles. The first kappa shape index (κ1) is 14.7. The average Bonchev–Trinajstić information content (AvgIpc) is 2.46. The minimum Gasteiger partial charge on any atom is -0.434 e. The van der Waals surface area contributed by atoms with E-state index in [9.17, 15) is 10.1 Å². The van der Waals surface area contributed by atoms with Crippen LogP contribution >= 0.6 is 0 Å². The highest BCUT2D eigenvalue weighted by molar-refractivity contribution is 5.44. The van der Waals surface area contributed by atoms with E-state index in [-0.39, 0.29) is 17.5 Å². The van der Waals surface area contributed by atoms with Crippen molar-refractivity contribution in [3.8, 4) is 11.6 Å². The van der Waals surface area contributed by atoms with Crippen LogP contribution in [0.15, 0.2) is 30.5 Å². The van der Waals surface area contributed by atoms with E-state index in [1.807, 2.05) is 12.1 Å². The number of methoxy groups -OCH3 is 1. The lowest BCUT2D eigenvalue weighted by molar-refractivity contribution is -0.386. The van der Waals surface area contributed by atoms with Gasteiger partial charge in [-0.1, -0.05) is 12.1 Å². The third-order valence-electron chi connectivity index (χ3n) is 2.68. The summed E-state index contributed by atoms with van der Waals surface area (Å²) in [5, 5.41) is 10.9. The van der Waals surface area contributed by atoms with Crippen molar-refractivity contribution in [1.82, 2.24) is 9.97 Å². The highest BCUT2D eigenvalue weighted by Crippen LogP contribution is 2.29. The number of nitrogens with zero attached hydrogens (tertiary/aromatic N) is 3. The van der Waals surface area contributed by atoms with Crippen molar-refractivity contribution in [3.05, 3.63) is 46.1 Å². The zero-order valence-corrected chi connectivity index (χ0v) is 11.4. The highest BCUT2D eigenvalue weighted by atomic mass is 16.6. The van der Waals surface area contributed by atoms with E-state index in [0.29, 0.717) is 12.4 Å². The predicted molar refractivity (Wildman–Crippen MR) is 75.2 cm³/mol. The summed E-state index contributed by atoms with van der Waals surface area (Å²) < 4.78 is 10.4. The van der Waals surface area contributed by atoms with Crippen LogP contribution in [0, 0.1) is 10.1 Å². The molecule has 21 heavy (non-hydrogen) atoms. The van der Waals surface area contributed by atoms with E-state index in [1.165, 1.54) is 0 Å². The van der Waals surface area contributed by atoms with Crippen LogP contribution in [0.25, 0.3) is 0 Å². The van der Waals surface area contributed by atoms with Gasteiger partial charge in [0.1, 0.15) is 11.9 Å². The molecule has 0 aliphatic heterocycles. The molecule has 2 aromatic rings. The Labute approximate surface area is 120 Å². The maximum absolute atomic E-state index is 10.9. The number of nitrogen functional groups attached to an aromatic ring is 1. The molecule has 8 heteroatoms. The van der Waals surface area contributed by atoms with Gasteiger partial charge in [0.15, 0.2) is 0 Å². The van der Waals surface area contributed by atoms with Crippen LogP contribution in [0.2, 0.25) is 0 Å². The van der Waals surface area contributed by atoms with Crippen LogP contribution in [0.3, 0.4) is 0 Å². The van der Waals surface area contributed by atoms with Crippen molar-refractivity contribution in [2.45, 2.75) is 6.42 Å². The summed E-state index contributed by atoms with van der Waals surface area (Å²) in [5.74, 6) is 0.154. The first-order valence-corrected chi connectivity index (χ1v) is 6.13. The molecule has 0 radical (unpaired) electrons. The zero-order chi connectivity index (χ0) is 15.2. The maximum atomic E-state index is 10.9. The summed E-state index contributed by atoms with van der Waals surface area (Å²) >= 11 is 0. The van der Waals surface area contributed by atoms with Gasteiger partial charge in [0.2, 0.25) is 5.95 Å². The molecular weight excluding hydrogens is 276 g/mol. The van der Waals surface area contributed by atoms with Crippen LogP contribution < -0.4 is 10.5 Å². The summed E-state index contributed by atoms with van der Waals surface area (Å²) in [7, 11) is 1.64. The zero-order valence-electron chi connectivity index (χ0n) is 11.4. The second-order valence-electron chi connectivity index (χ2n) is 4.16. The third-order valence-corrected chi connectivity index (χ3v) is 2.68. The van der Waals surface area contributed by atoms with Crippen LogP contribution in [0.4, 0.5) is 11.6 Å². The Bertz CT molecular complexity index is 631. The van der Waals surface area contributed by atoms with Gasteiger partial charge in [0.05, 0.1) is 11.5 Å². The Hall–Kier alpha value is -2.74. The number of nitro groups is 1. The number of hydrogen-bond acceptors (Lipinski definition) is 7. The van der Waals surface area contributed by atoms with Crippen LogP contribution in [-0.4, -0.2) is 28.6 Å². The predicted octanol–water partition coefficient (Wildman–Crippen LogP) is 1.95. The van der Waals surface area contributed by atoms with Crippen molar-refractivity contribution in [2.24, 2.45) is 0 Å². The molecule has 0 bridgehead atoms. The first-order valence-electron chi connectivity index (χ1n) is 6.13. The molecule has 0 saturated carbocycles. The van der Waals surface area contributed by atoms with Gasteiger partial charge < -0.3 is 15.2 Å². The normalized spacial score (nSPS) is 10.3. The molecule has 0 fully saturated rings. The van der Waals surface area contributed by atoms with Crippen LogP contribution in [0.1, 0.15) is 5.56 Å². The van der Waals surface area contributed by atoms with Gasteiger partial charge >= 0.3 is 11.6 Å². The summed E-state index contributed by atoms with van der Waals surface area (Å²) in [6, 6.07) is 7.11. The van der Waals surface area contributed by atoms with Gasteiger partial charge in [-0.3, -0.25) is 10.1 Å². The molecule has 110 valence electrons. The van der Waals surface area contributed by atoms with Crippen molar-refractivity contribution in [2.75, 3.05) is 19.5 Å². The minimum atomic E-state index is -0.623. The third kappa shape index (κ3) is 3.86. The second kappa shape index (κ2) is 6.62. The Kier molecular flexibility index (Phi) is 4.62. The van der Waals surface area contributed by atoms with Crippen molar-refractivity contribution >= 4 is 11.6 Å². The van der Waals surface area contributed by atoms with E-state index in [2.05, 4.69) is 9.97 Å². The van der Waals surface area contributed by atoms with Crippen LogP contribution in [-0.2, 0) is 11.2 Å². The summed E-state index contributed by atoms with van der Waals surface area (Å²) in [6.45, 7) is 0.619. The number of rotatable bonds is 6. The minimum absolute atomic E-state index is 0.0904. The van der Waals surface area contributed by atoms with Crippen molar-refractivity contribution < 1.29 is 14.4 Å². The fraction of sp³-hybridized carbons (Fsp3) is 0.231. The molecule has 2 N–H and O–H groups in total. The number of ether oxygens (including phenoxy) is 2. The molecule has 1 aromatic heterocycles. The Morgan fingerprint density at radius 3 is 2.67 bits per heavy atom. The molecule has 0 aliphatic rings. The van der Waals surface area contributed by atoms with Gasteiger partial charge in [0.25, 0.3) is 0 Å². The number of nitrogens with two attached hydrogens (primary N) is 1. The average molecular weight is 290 g/mol. The molecular formula is C13H14N4O4. The smallest absolute Gasteiger partial charge is 0.349 e. The Morgan fingerprint density at radius 1 is 1.33 bits per heavy atom. The summed E-state index contributed by atoms with van der Waals surface area (Å²) in [6.07, 6.45) is 1.79. The molecule has 0 atom stereocenters. The molecule has 0 amide bonds. The lowest BCUT2D eigenvalue weighted by Gasteiger charge is -2.06. The van der Waals surface area contributed by atoms with E-state index >= 15 is 0 Å². The van der Waals surface area contributed by atoms with Crippen LogP contribution in [0.5, 0.6) is 11.6 Å². The summed E-state index contributed by atoms with van der Waals surface area (Å²) in [5.41, 5.74) is 6.15. The Balaban J connectivity index is 2.18. The molecule has 1 aromatic carbocycles. The van der Waals surface area contributed by atoms with Gasteiger partial charge in [-0.15, -0.1) is 0 Å². The van der Waals surface area contributed by atoms with Gasteiger partial charge in [-0.2, -0.15) is 4.98 Å². The number of aromatic nitrogens is 2. The highest BCUT2D eigenvalue weighted by Gasteiger charge is 2.19.